The third-order valence-electron chi connectivity index (χ3n) is 5.25. The minimum absolute atomic E-state index is 0.123. The average Bonchev–Trinajstić information content (AvgIpc) is 2.67. The summed E-state index contributed by atoms with van der Waals surface area (Å²) in [5.74, 6) is 2.02. The summed E-state index contributed by atoms with van der Waals surface area (Å²) in [6, 6.07) is 9.52. The normalized spacial score (nSPS) is 17.0. The van der Waals surface area contributed by atoms with Gasteiger partial charge in [-0.3, -0.25) is 0 Å². The quantitative estimate of drug-likeness (QED) is 0.795. The van der Waals surface area contributed by atoms with Gasteiger partial charge in [0.1, 0.15) is 11.6 Å². The summed E-state index contributed by atoms with van der Waals surface area (Å²) in [6.45, 7) is 8.57. The van der Waals surface area contributed by atoms with Crippen LogP contribution in [0.15, 0.2) is 30.3 Å². The number of piperidine rings is 1. The Balaban J connectivity index is 1.72. The van der Waals surface area contributed by atoms with Gasteiger partial charge in [-0.2, -0.15) is 0 Å². The third kappa shape index (κ3) is 5.02. The molecule has 1 saturated heterocycles. The van der Waals surface area contributed by atoms with E-state index in [0.717, 1.165) is 48.8 Å². The number of benzene rings is 1. The number of aliphatic hydroxyl groups excluding tert-OH is 1. The van der Waals surface area contributed by atoms with Gasteiger partial charge in [0.2, 0.25) is 0 Å². The van der Waals surface area contributed by atoms with Crippen molar-refractivity contribution in [2.24, 2.45) is 5.92 Å². The van der Waals surface area contributed by atoms with Gasteiger partial charge in [0.15, 0.2) is 0 Å². The zero-order valence-corrected chi connectivity index (χ0v) is 17.9. The summed E-state index contributed by atoms with van der Waals surface area (Å²) in [5, 5.41) is 11.4. The fourth-order valence-corrected chi connectivity index (χ4v) is 3.70. The molecule has 0 amide bonds. The monoisotopic (exact) mass is 403 g/mol. The van der Waals surface area contributed by atoms with E-state index in [9.17, 15) is 5.11 Å². The Morgan fingerprint density at radius 2 is 1.82 bits per heavy atom. The lowest BCUT2D eigenvalue weighted by Crippen LogP contribution is -2.36. The van der Waals surface area contributed by atoms with Crippen molar-refractivity contribution in [2.45, 2.75) is 51.7 Å². The summed E-state index contributed by atoms with van der Waals surface area (Å²) in [6.07, 6.45) is 1.37. The second-order valence-corrected chi connectivity index (χ2v) is 8.98. The number of aliphatic hydroxyl groups is 1. The highest BCUT2D eigenvalue weighted by Gasteiger charge is 2.28. The van der Waals surface area contributed by atoms with E-state index in [0.29, 0.717) is 11.6 Å². The minimum Gasteiger partial charge on any atom is -0.388 e. The topological polar surface area (TPSA) is 58.5 Å². The van der Waals surface area contributed by atoms with E-state index in [4.69, 9.17) is 21.3 Å². The number of rotatable bonds is 5. The first-order valence-electron chi connectivity index (χ1n) is 9.84. The molecule has 1 atom stereocenters. The second-order valence-electron chi connectivity index (χ2n) is 8.54. The molecule has 2 aromatic rings. The third-order valence-corrected chi connectivity index (χ3v) is 5.50. The summed E-state index contributed by atoms with van der Waals surface area (Å²) >= 11 is 5.96. The predicted molar refractivity (Wildman–Crippen MR) is 113 cm³/mol. The highest BCUT2D eigenvalue weighted by molar-refractivity contribution is 6.30. The van der Waals surface area contributed by atoms with Crippen LogP contribution in [0.25, 0.3) is 0 Å². The Morgan fingerprint density at radius 1 is 1.18 bits per heavy atom. The largest absolute Gasteiger partial charge is 0.388 e. The fraction of sp³-hybridized carbons (Fsp3) is 0.545. The molecule has 0 bridgehead atoms. The maximum absolute atomic E-state index is 10.8. The van der Waals surface area contributed by atoms with Gasteiger partial charge in [0, 0.05) is 36.7 Å². The summed E-state index contributed by atoms with van der Waals surface area (Å²) in [4.78, 5) is 11.8. The van der Waals surface area contributed by atoms with E-state index in [-0.39, 0.29) is 11.3 Å². The predicted octanol–water partition coefficient (Wildman–Crippen LogP) is 4.52. The minimum atomic E-state index is -0.459. The average molecular weight is 404 g/mol. The molecule has 1 fully saturated rings. The Labute approximate surface area is 172 Å². The maximum Gasteiger partial charge on any atom is 0.136 e. The van der Waals surface area contributed by atoms with Crippen LogP contribution in [0.4, 0.5) is 5.82 Å². The van der Waals surface area contributed by atoms with Crippen molar-refractivity contribution < 1.29 is 9.84 Å². The summed E-state index contributed by atoms with van der Waals surface area (Å²) < 4.78 is 5.29. The van der Waals surface area contributed by atoms with Crippen LogP contribution in [-0.2, 0) is 16.8 Å². The van der Waals surface area contributed by atoms with E-state index in [1.54, 1.807) is 7.11 Å². The molecule has 28 heavy (non-hydrogen) atoms. The molecule has 152 valence electrons. The molecule has 0 radical (unpaired) electrons. The first-order chi connectivity index (χ1) is 13.3. The molecule has 6 heteroatoms. The van der Waals surface area contributed by atoms with Gasteiger partial charge in [0.25, 0.3) is 0 Å². The standard InChI is InChI=1S/C22H30ClN3O2/c1-22(2,3)21-24-18(14-28-4)13-19(25-21)26-11-9-16(10-12-26)20(27)15-5-7-17(23)8-6-15/h5-8,13,16,20,27H,9-12,14H2,1-4H3. The molecule has 1 aromatic carbocycles. The van der Waals surface area contributed by atoms with Crippen LogP contribution in [0, 0.1) is 5.92 Å². The lowest BCUT2D eigenvalue weighted by atomic mass is 9.87. The van der Waals surface area contributed by atoms with Crippen molar-refractivity contribution in [1.82, 2.24) is 9.97 Å². The molecule has 0 saturated carbocycles. The van der Waals surface area contributed by atoms with Gasteiger partial charge in [-0.15, -0.1) is 0 Å². The molecule has 1 aliphatic heterocycles. The molecule has 5 nitrogen and oxygen atoms in total. The number of hydrogen-bond acceptors (Lipinski definition) is 5. The van der Waals surface area contributed by atoms with Gasteiger partial charge in [0.05, 0.1) is 18.4 Å². The van der Waals surface area contributed by atoms with Gasteiger partial charge in [-0.25, -0.2) is 9.97 Å². The van der Waals surface area contributed by atoms with Crippen LogP contribution >= 0.6 is 11.6 Å². The maximum atomic E-state index is 10.8. The van der Waals surface area contributed by atoms with E-state index in [1.165, 1.54) is 0 Å². The van der Waals surface area contributed by atoms with E-state index in [2.05, 4.69) is 30.7 Å². The molecule has 3 rings (SSSR count). The highest BCUT2D eigenvalue weighted by Crippen LogP contribution is 2.33. The van der Waals surface area contributed by atoms with Crippen molar-refractivity contribution in [3.05, 3.63) is 52.4 Å². The highest BCUT2D eigenvalue weighted by atomic mass is 35.5. The number of aromatic nitrogens is 2. The second kappa shape index (κ2) is 8.76. The number of methoxy groups -OCH3 is 1. The number of hydrogen-bond donors (Lipinski definition) is 1. The van der Waals surface area contributed by atoms with E-state index < -0.39 is 6.10 Å². The zero-order valence-electron chi connectivity index (χ0n) is 17.2. The van der Waals surface area contributed by atoms with E-state index >= 15 is 0 Å². The molecule has 1 N–H and O–H groups in total. The zero-order chi connectivity index (χ0) is 20.3. The molecule has 0 spiro atoms. The fourth-order valence-electron chi connectivity index (χ4n) is 3.58. The van der Waals surface area contributed by atoms with Crippen LogP contribution in [-0.4, -0.2) is 35.3 Å². The van der Waals surface area contributed by atoms with Crippen LogP contribution in [0.2, 0.25) is 5.02 Å². The van der Waals surface area contributed by atoms with E-state index in [1.807, 2.05) is 30.3 Å². The number of halogens is 1. The first kappa shape index (κ1) is 21.0. The van der Waals surface area contributed by atoms with Crippen LogP contribution in [0.1, 0.15) is 56.8 Å². The molecule has 1 aromatic heterocycles. The van der Waals surface area contributed by atoms with Crippen LogP contribution in [0.5, 0.6) is 0 Å². The summed E-state index contributed by atoms with van der Waals surface area (Å²) in [7, 11) is 1.68. The molecular formula is C22H30ClN3O2. The molecule has 1 aliphatic rings. The van der Waals surface area contributed by atoms with Gasteiger partial charge in [-0.05, 0) is 36.5 Å². The van der Waals surface area contributed by atoms with Gasteiger partial charge >= 0.3 is 0 Å². The van der Waals surface area contributed by atoms with Crippen molar-refractivity contribution in [1.29, 1.82) is 0 Å². The van der Waals surface area contributed by atoms with Crippen LogP contribution < -0.4 is 4.90 Å². The smallest absolute Gasteiger partial charge is 0.136 e. The molecule has 2 heterocycles. The Hall–Kier alpha value is -1.69. The van der Waals surface area contributed by atoms with Crippen molar-refractivity contribution in [3.8, 4) is 0 Å². The van der Waals surface area contributed by atoms with Gasteiger partial charge in [-0.1, -0.05) is 44.5 Å². The Bertz CT molecular complexity index is 781. The van der Waals surface area contributed by atoms with Crippen LogP contribution in [0.3, 0.4) is 0 Å². The SMILES string of the molecule is COCc1cc(N2CCC(C(O)c3ccc(Cl)cc3)CC2)nc(C(C)(C)C)n1. The first-order valence-corrected chi connectivity index (χ1v) is 10.2. The lowest BCUT2D eigenvalue weighted by molar-refractivity contribution is 0.0928. The number of ether oxygens (including phenoxy) is 1. The number of anilines is 1. The molecular weight excluding hydrogens is 374 g/mol. The van der Waals surface area contributed by atoms with Crippen molar-refractivity contribution >= 4 is 17.4 Å². The molecule has 1 unspecified atom stereocenters. The van der Waals surface area contributed by atoms with Crippen molar-refractivity contribution in [2.75, 3.05) is 25.1 Å². The summed E-state index contributed by atoms with van der Waals surface area (Å²) in [5.41, 5.74) is 1.71. The van der Waals surface area contributed by atoms with Crippen molar-refractivity contribution in [3.63, 3.8) is 0 Å². The van der Waals surface area contributed by atoms with Gasteiger partial charge < -0.3 is 14.7 Å². The Morgan fingerprint density at radius 3 is 2.39 bits per heavy atom. The lowest BCUT2D eigenvalue weighted by Gasteiger charge is -2.35. The number of nitrogens with zero attached hydrogens (tertiary/aromatic N) is 3. The Kier molecular flexibility index (Phi) is 6.58. The molecule has 0 aliphatic carbocycles.